The molecule has 0 atom stereocenters. The quantitative estimate of drug-likeness (QED) is 0.390. The van der Waals surface area contributed by atoms with Crippen LogP contribution in [0.25, 0.3) is 28.0 Å². The molecule has 1 fully saturated rings. The number of anilines is 2. The first-order valence-electron chi connectivity index (χ1n) is 11.1. The third-order valence-corrected chi connectivity index (χ3v) is 6.50. The van der Waals surface area contributed by atoms with Crippen molar-refractivity contribution in [1.82, 2.24) is 24.6 Å². The number of nitrogen functional groups attached to an aromatic ring is 1. The molecule has 1 saturated heterocycles. The number of fused-ring (bicyclic) bond motifs is 1. The first kappa shape index (κ1) is 21.9. The molecule has 33 heavy (non-hydrogen) atoms. The molecule has 1 aliphatic rings. The van der Waals surface area contributed by atoms with Crippen molar-refractivity contribution < 1.29 is 0 Å². The lowest BCUT2D eigenvalue weighted by Gasteiger charge is -2.26. The minimum Gasteiger partial charge on any atom is -0.383 e. The average molecular weight is 482 g/mol. The van der Waals surface area contributed by atoms with Crippen LogP contribution < -0.4 is 11.1 Å². The van der Waals surface area contributed by atoms with Gasteiger partial charge in [-0.25, -0.2) is 9.67 Å². The predicted molar refractivity (Wildman–Crippen MR) is 135 cm³/mol. The Morgan fingerprint density at radius 2 is 1.70 bits per heavy atom. The molecule has 0 unspecified atom stereocenters. The molecule has 3 N–H and O–H groups in total. The number of benzene rings is 2. The number of nitrogens with one attached hydrogen (secondary N) is 1. The zero-order valence-electron chi connectivity index (χ0n) is 18.1. The van der Waals surface area contributed by atoms with Crippen molar-refractivity contribution in [1.29, 1.82) is 0 Å². The second-order valence-electron chi connectivity index (χ2n) is 8.18. The molecule has 0 bridgehead atoms. The van der Waals surface area contributed by atoms with Gasteiger partial charge in [0.05, 0.1) is 21.8 Å². The fourth-order valence-electron chi connectivity index (χ4n) is 4.22. The van der Waals surface area contributed by atoms with Crippen LogP contribution in [0.1, 0.15) is 19.3 Å². The van der Waals surface area contributed by atoms with Gasteiger partial charge in [0.2, 0.25) is 5.95 Å². The number of hydrogen-bond donors (Lipinski definition) is 2. The summed E-state index contributed by atoms with van der Waals surface area (Å²) in [5, 5.41) is 9.95. The normalized spacial score (nSPS) is 14.6. The van der Waals surface area contributed by atoms with Gasteiger partial charge < -0.3 is 16.0 Å². The lowest BCUT2D eigenvalue weighted by Crippen LogP contribution is -2.33. The van der Waals surface area contributed by atoms with Crippen molar-refractivity contribution in [2.75, 3.05) is 37.2 Å². The highest BCUT2D eigenvalue weighted by atomic mass is 35.5. The Hall–Kier alpha value is -2.87. The van der Waals surface area contributed by atoms with E-state index in [1.165, 1.54) is 19.3 Å². The molecule has 0 saturated carbocycles. The summed E-state index contributed by atoms with van der Waals surface area (Å²) < 4.78 is 1.62. The SMILES string of the molecule is Nc1c2c(-c3ccc(Cl)cc3)nc(NCCN3CCCCC3)nc2nn1-c1ccccc1Cl. The summed E-state index contributed by atoms with van der Waals surface area (Å²) in [6, 6.07) is 15.0. The van der Waals surface area contributed by atoms with E-state index in [1.54, 1.807) is 4.68 Å². The third kappa shape index (κ3) is 4.62. The molecule has 1 aliphatic heterocycles. The van der Waals surface area contributed by atoms with Gasteiger partial charge in [-0.2, -0.15) is 4.98 Å². The first-order valence-corrected chi connectivity index (χ1v) is 11.9. The van der Waals surface area contributed by atoms with Crippen LogP contribution in [0, 0.1) is 0 Å². The Labute approximate surface area is 202 Å². The average Bonchev–Trinajstić information content (AvgIpc) is 3.16. The van der Waals surface area contributed by atoms with Crippen molar-refractivity contribution in [3.63, 3.8) is 0 Å². The molecule has 7 nitrogen and oxygen atoms in total. The summed E-state index contributed by atoms with van der Waals surface area (Å²) in [4.78, 5) is 12.0. The van der Waals surface area contributed by atoms with Crippen LogP contribution in [0.3, 0.4) is 0 Å². The number of hydrogen-bond acceptors (Lipinski definition) is 6. The summed E-state index contributed by atoms with van der Waals surface area (Å²) in [7, 11) is 0. The molecule has 5 rings (SSSR count). The zero-order chi connectivity index (χ0) is 22.8. The number of piperidine rings is 1. The fraction of sp³-hybridized carbons (Fsp3) is 0.292. The lowest BCUT2D eigenvalue weighted by molar-refractivity contribution is 0.237. The fourth-order valence-corrected chi connectivity index (χ4v) is 4.57. The number of nitrogens with two attached hydrogens (primary N) is 1. The molecule has 0 aliphatic carbocycles. The number of halogens is 2. The van der Waals surface area contributed by atoms with E-state index in [-0.39, 0.29) is 0 Å². The molecule has 2 aromatic carbocycles. The Kier molecular flexibility index (Phi) is 6.35. The minimum atomic E-state index is 0.433. The number of nitrogens with zero attached hydrogens (tertiary/aromatic N) is 5. The van der Waals surface area contributed by atoms with Crippen molar-refractivity contribution in [3.8, 4) is 16.9 Å². The van der Waals surface area contributed by atoms with Crippen LogP contribution in [-0.4, -0.2) is 50.8 Å². The predicted octanol–water partition coefficient (Wildman–Crippen LogP) is 5.27. The molecular weight excluding hydrogens is 457 g/mol. The highest BCUT2D eigenvalue weighted by molar-refractivity contribution is 6.32. The van der Waals surface area contributed by atoms with Crippen molar-refractivity contribution in [2.45, 2.75) is 19.3 Å². The van der Waals surface area contributed by atoms with Crippen molar-refractivity contribution >= 4 is 46.0 Å². The van der Waals surface area contributed by atoms with E-state index in [2.05, 4.69) is 20.3 Å². The van der Waals surface area contributed by atoms with Gasteiger partial charge in [0.25, 0.3) is 0 Å². The maximum atomic E-state index is 6.56. The minimum absolute atomic E-state index is 0.433. The maximum absolute atomic E-state index is 6.56. The zero-order valence-corrected chi connectivity index (χ0v) is 19.6. The summed E-state index contributed by atoms with van der Waals surface area (Å²) in [5.41, 5.74) is 9.35. The van der Waals surface area contributed by atoms with Crippen molar-refractivity contribution in [2.24, 2.45) is 0 Å². The van der Waals surface area contributed by atoms with Crippen LogP contribution in [0.2, 0.25) is 10.0 Å². The van der Waals surface area contributed by atoms with Gasteiger partial charge in [0.15, 0.2) is 5.65 Å². The van der Waals surface area contributed by atoms with E-state index >= 15 is 0 Å². The Balaban J connectivity index is 1.55. The molecule has 3 heterocycles. The standard InChI is InChI=1S/C24H25Cl2N7/c25-17-10-8-16(9-11-17)21-20-22(27)33(19-7-3-2-6-18(19)26)31-23(20)30-24(29-21)28-12-15-32-13-4-1-5-14-32/h2-3,6-11H,1,4-5,12-15,27H2,(H,28,30,31). The first-order chi connectivity index (χ1) is 16.1. The van der Waals surface area contributed by atoms with Gasteiger partial charge in [-0.15, -0.1) is 5.10 Å². The van der Waals surface area contributed by atoms with E-state index in [1.807, 2.05) is 48.5 Å². The molecule has 0 radical (unpaired) electrons. The second kappa shape index (κ2) is 9.55. The van der Waals surface area contributed by atoms with E-state index in [9.17, 15) is 0 Å². The smallest absolute Gasteiger partial charge is 0.225 e. The number of para-hydroxylation sites is 1. The number of likely N-dealkylation sites (tertiary alicyclic amines) is 1. The summed E-state index contributed by atoms with van der Waals surface area (Å²) in [6.45, 7) is 4.01. The van der Waals surface area contributed by atoms with Crippen LogP contribution in [-0.2, 0) is 0 Å². The summed E-state index contributed by atoms with van der Waals surface area (Å²) in [5.74, 6) is 0.955. The molecule has 0 amide bonds. The maximum Gasteiger partial charge on any atom is 0.225 e. The molecule has 9 heteroatoms. The van der Waals surface area contributed by atoms with Crippen LogP contribution in [0.4, 0.5) is 11.8 Å². The van der Waals surface area contributed by atoms with Gasteiger partial charge in [-0.05, 0) is 50.2 Å². The number of aromatic nitrogens is 4. The van der Waals surface area contributed by atoms with Crippen molar-refractivity contribution in [3.05, 3.63) is 58.6 Å². The molecule has 4 aromatic rings. The van der Waals surface area contributed by atoms with Crippen LogP contribution in [0.15, 0.2) is 48.5 Å². The van der Waals surface area contributed by atoms with Gasteiger partial charge in [0, 0.05) is 23.7 Å². The van der Waals surface area contributed by atoms with Crippen LogP contribution >= 0.6 is 23.2 Å². The second-order valence-corrected chi connectivity index (χ2v) is 9.02. The van der Waals surface area contributed by atoms with Gasteiger partial charge >= 0.3 is 0 Å². The Bertz CT molecular complexity index is 1260. The molecule has 0 spiro atoms. The monoisotopic (exact) mass is 481 g/mol. The van der Waals surface area contributed by atoms with Crippen LogP contribution in [0.5, 0.6) is 0 Å². The highest BCUT2D eigenvalue weighted by Crippen LogP contribution is 2.34. The van der Waals surface area contributed by atoms with E-state index in [4.69, 9.17) is 33.9 Å². The highest BCUT2D eigenvalue weighted by Gasteiger charge is 2.20. The summed E-state index contributed by atoms with van der Waals surface area (Å²) in [6.07, 6.45) is 3.85. The van der Waals surface area contributed by atoms with Gasteiger partial charge in [0.1, 0.15) is 5.82 Å². The lowest BCUT2D eigenvalue weighted by atomic mass is 10.1. The Morgan fingerprint density at radius 3 is 2.45 bits per heavy atom. The largest absolute Gasteiger partial charge is 0.383 e. The molecule has 2 aromatic heterocycles. The van der Waals surface area contributed by atoms with Gasteiger partial charge in [-0.1, -0.05) is 53.9 Å². The van der Waals surface area contributed by atoms with Gasteiger partial charge in [-0.3, -0.25) is 0 Å². The van der Waals surface area contributed by atoms with E-state index in [0.717, 1.165) is 31.7 Å². The third-order valence-electron chi connectivity index (χ3n) is 5.93. The molecular formula is C24H25Cl2N7. The van der Waals surface area contributed by atoms with E-state index < -0.39 is 0 Å². The topological polar surface area (TPSA) is 84.9 Å². The Morgan fingerprint density at radius 1 is 0.939 bits per heavy atom. The number of rotatable bonds is 6. The molecule has 170 valence electrons. The summed E-state index contributed by atoms with van der Waals surface area (Å²) >= 11 is 12.5. The van der Waals surface area contributed by atoms with E-state index in [0.29, 0.717) is 44.2 Å².